The summed E-state index contributed by atoms with van der Waals surface area (Å²) in [5.41, 5.74) is 2.15. The van der Waals surface area contributed by atoms with Crippen LogP contribution >= 0.6 is 6.72 Å². The van der Waals surface area contributed by atoms with Crippen molar-refractivity contribution in [3.63, 3.8) is 0 Å². The van der Waals surface area contributed by atoms with Crippen molar-refractivity contribution < 1.29 is 13.6 Å². The first-order chi connectivity index (χ1) is 12.0. The van der Waals surface area contributed by atoms with E-state index in [9.17, 15) is 0 Å². The zero-order valence-corrected chi connectivity index (χ0v) is 15.8. The van der Waals surface area contributed by atoms with Crippen molar-refractivity contribution >= 4 is 18.5 Å². The molecule has 3 nitrogen and oxygen atoms in total. The Morgan fingerprint density at radius 2 is 1.20 bits per heavy atom. The van der Waals surface area contributed by atoms with Crippen LogP contribution in [0.2, 0.25) is 0 Å². The monoisotopic (exact) mass is 370 g/mol. The van der Waals surface area contributed by atoms with Crippen molar-refractivity contribution in [1.82, 2.24) is 0 Å². The zero-order chi connectivity index (χ0) is 17.7. The van der Waals surface area contributed by atoms with Crippen LogP contribution in [0.15, 0.2) is 78.9 Å². The topological polar surface area (TPSA) is 27.7 Å². The van der Waals surface area contributed by atoms with Gasteiger partial charge in [0.05, 0.1) is 0 Å². The van der Waals surface area contributed by atoms with Gasteiger partial charge in [0.2, 0.25) is 0 Å². The lowest BCUT2D eigenvalue weighted by Gasteiger charge is -2.24. The molecule has 3 rings (SSSR count). The molecule has 0 heterocycles. The Morgan fingerprint density at radius 1 is 0.680 bits per heavy atom. The van der Waals surface area contributed by atoms with Crippen LogP contribution in [-0.2, 0) is 11.8 Å². The van der Waals surface area contributed by atoms with Gasteiger partial charge in [-0.3, -0.25) is 0 Å². The van der Waals surface area contributed by atoms with E-state index < -0.39 is 6.72 Å². The van der Waals surface area contributed by atoms with Crippen LogP contribution in [0.4, 0.5) is 0 Å². The van der Waals surface area contributed by atoms with Crippen molar-refractivity contribution in [2.24, 2.45) is 0 Å². The Hall–Kier alpha value is -2.29. The molecule has 0 fully saturated rings. The molecular formula is C20H19O3PS. The molecule has 0 aliphatic rings. The van der Waals surface area contributed by atoms with Gasteiger partial charge in [0.25, 0.3) is 0 Å². The van der Waals surface area contributed by atoms with E-state index in [2.05, 4.69) is 0 Å². The van der Waals surface area contributed by atoms with Crippen molar-refractivity contribution in [3.05, 3.63) is 90.0 Å². The smallest absolute Gasteiger partial charge is 0.407 e. The Kier molecular flexibility index (Phi) is 5.42. The summed E-state index contributed by atoms with van der Waals surface area (Å²) >= 11 is 5.68. The van der Waals surface area contributed by atoms with Gasteiger partial charge in [0, 0.05) is 11.8 Å². The molecule has 0 bridgehead atoms. The minimum Gasteiger partial charge on any atom is -0.407 e. The summed E-state index contributed by atoms with van der Waals surface area (Å²) in [6, 6.07) is 24.6. The second-order valence-corrected chi connectivity index (χ2v) is 8.40. The first kappa shape index (κ1) is 17.5. The first-order valence-corrected chi connectivity index (χ1v) is 10.5. The predicted octanol–water partition coefficient (Wildman–Crippen LogP) is 6.06. The van der Waals surface area contributed by atoms with Crippen LogP contribution in [0.1, 0.15) is 11.1 Å². The second kappa shape index (κ2) is 7.73. The second-order valence-electron chi connectivity index (χ2n) is 5.62. The average molecular weight is 370 g/mol. The molecule has 0 aliphatic heterocycles. The fraction of sp³-hybridized carbons (Fsp3) is 0.100. The molecule has 25 heavy (non-hydrogen) atoms. The van der Waals surface area contributed by atoms with E-state index in [1.54, 1.807) is 0 Å². The van der Waals surface area contributed by atoms with Gasteiger partial charge in [0.1, 0.15) is 17.2 Å². The van der Waals surface area contributed by atoms with Crippen molar-refractivity contribution in [1.29, 1.82) is 0 Å². The number of aryl methyl sites for hydroxylation is 2. The highest BCUT2D eigenvalue weighted by Crippen LogP contribution is 2.50. The van der Waals surface area contributed by atoms with Crippen molar-refractivity contribution in [2.75, 3.05) is 0 Å². The molecule has 5 heteroatoms. The highest BCUT2D eigenvalue weighted by atomic mass is 32.5. The third-order valence-corrected chi connectivity index (χ3v) is 5.42. The van der Waals surface area contributed by atoms with Crippen LogP contribution in [0.5, 0.6) is 17.2 Å². The van der Waals surface area contributed by atoms with Gasteiger partial charge in [-0.15, -0.1) is 0 Å². The summed E-state index contributed by atoms with van der Waals surface area (Å²) in [5, 5.41) is 0. The van der Waals surface area contributed by atoms with Gasteiger partial charge in [-0.25, -0.2) is 0 Å². The third kappa shape index (κ3) is 4.85. The molecule has 0 radical (unpaired) electrons. The van der Waals surface area contributed by atoms with Crippen molar-refractivity contribution in [2.45, 2.75) is 13.8 Å². The summed E-state index contributed by atoms with van der Waals surface area (Å²) in [5.74, 6) is 1.90. The number of hydrogen-bond acceptors (Lipinski definition) is 4. The minimum atomic E-state index is -3.09. The maximum atomic E-state index is 6.08. The largest absolute Gasteiger partial charge is 0.490 e. The SMILES string of the molecule is Cc1ccc(OP(=S)(Oc2ccccc2)Oc2ccccc2)c(C)c1. The molecule has 128 valence electrons. The van der Waals surface area contributed by atoms with Gasteiger partial charge in [-0.2, -0.15) is 0 Å². The van der Waals surface area contributed by atoms with E-state index in [1.807, 2.05) is 92.7 Å². The van der Waals surface area contributed by atoms with E-state index in [4.69, 9.17) is 25.4 Å². The van der Waals surface area contributed by atoms with Crippen LogP contribution in [-0.4, -0.2) is 0 Å². The van der Waals surface area contributed by atoms with Gasteiger partial charge >= 0.3 is 6.72 Å². The lowest BCUT2D eigenvalue weighted by atomic mass is 10.1. The molecule has 0 aliphatic carbocycles. The lowest BCUT2D eigenvalue weighted by molar-refractivity contribution is 0.383. The summed E-state index contributed by atoms with van der Waals surface area (Å²) < 4.78 is 18.0. The predicted molar refractivity (Wildman–Crippen MR) is 105 cm³/mol. The summed E-state index contributed by atoms with van der Waals surface area (Å²) in [4.78, 5) is 0. The summed E-state index contributed by atoms with van der Waals surface area (Å²) in [6.07, 6.45) is 0. The molecule has 0 amide bonds. The lowest BCUT2D eigenvalue weighted by Crippen LogP contribution is -2.08. The molecule has 3 aromatic rings. The number of benzene rings is 3. The Balaban J connectivity index is 1.91. The van der Waals surface area contributed by atoms with Gasteiger partial charge in [-0.1, -0.05) is 54.1 Å². The summed E-state index contributed by atoms with van der Waals surface area (Å²) in [6.45, 7) is 0.921. The van der Waals surface area contributed by atoms with Crippen LogP contribution in [0, 0.1) is 13.8 Å². The number of hydrogen-bond donors (Lipinski definition) is 0. The standard InChI is InChI=1S/C20H19O3PS/c1-16-13-14-20(17(2)15-16)23-24(25,21-18-9-5-3-6-10-18)22-19-11-7-4-8-12-19/h3-15H,1-2H3. The molecule has 0 saturated heterocycles. The fourth-order valence-electron chi connectivity index (χ4n) is 2.30. The van der Waals surface area contributed by atoms with Crippen LogP contribution in [0.3, 0.4) is 0 Å². The molecule has 3 aromatic carbocycles. The Labute approximate surface area is 153 Å². The minimum absolute atomic E-state index is 0.617. The molecule has 0 N–H and O–H groups in total. The Morgan fingerprint density at radius 3 is 1.68 bits per heavy atom. The summed E-state index contributed by atoms with van der Waals surface area (Å²) in [7, 11) is 0. The molecule has 0 saturated carbocycles. The van der Waals surface area contributed by atoms with Crippen LogP contribution in [0.25, 0.3) is 0 Å². The van der Waals surface area contributed by atoms with E-state index in [-0.39, 0.29) is 0 Å². The first-order valence-electron chi connectivity index (χ1n) is 7.90. The third-order valence-electron chi connectivity index (χ3n) is 3.46. The highest BCUT2D eigenvalue weighted by Gasteiger charge is 2.27. The normalized spacial score (nSPS) is 11.0. The highest BCUT2D eigenvalue weighted by molar-refractivity contribution is 8.08. The molecule has 0 atom stereocenters. The van der Waals surface area contributed by atoms with Gasteiger partial charge in [0.15, 0.2) is 0 Å². The van der Waals surface area contributed by atoms with E-state index in [0.29, 0.717) is 17.2 Å². The number of rotatable bonds is 6. The van der Waals surface area contributed by atoms with Crippen molar-refractivity contribution in [3.8, 4) is 17.2 Å². The maximum Gasteiger partial charge on any atom is 0.490 e. The van der Waals surface area contributed by atoms with E-state index in [0.717, 1.165) is 11.1 Å². The zero-order valence-electron chi connectivity index (χ0n) is 14.1. The molecular weight excluding hydrogens is 351 g/mol. The average Bonchev–Trinajstić information content (AvgIpc) is 2.59. The Bertz CT molecular complexity index is 836. The van der Waals surface area contributed by atoms with Crippen LogP contribution < -0.4 is 13.6 Å². The molecule has 0 unspecified atom stereocenters. The molecule has 0 aromatic heterocycles. The maximum absolute atomic E-state index is 6.08. The van der Waals surface area contributed by atoms with Gasteiger partial charge < -0.3 is 13.6 Å². The van der Waals surface area contributed by atoms with E-state index in [1.165, 1.54) is 0 Å². The molecule has 0 spiro atoms. The fourth-order valence-corrected chi connectivity index (χ4v) is 4.37. The van der Waals surface area contributed by atoms with Gasteiger partial charge in [-0.05, 0) is 49.7 Å². The quantitative estimate of drug-likeness (QED) is 0.493. The number of para-hydroxylation sites is 2. The van der Waals surface area contributed by atoms with E-state index >= 15 is 0 Å².